The molecule has 2 aromatic carbocycles. The maximum atomic E-state index is 11.7. The van der Waals surface area contributed by atoms with Crippen molar-refractivity contribution in [2.75, 3.05) is 26.3 Å². The van der Waals surface area contributed by atoms with Crippen molar-refractivity contribution in [2.24, 2.45) is 5.73 Å². The molecule has 0 saturated carbocycles. The van der Waals surface area contributed by atoms with Crippen LogP contribution in [-0.2, 0) is 16.1 Å². The molecule has 28 heavy (non-hydrogen) atoms. The second kappa shape index (κ2) is 8.82. The number of halogens is 1. The summed E-state index contributed by atoms with van der Waals surface area (Å²) in [5, 5.41) is 10.7. The predicted molar refractivity (Wildman–Crippen MR) is 108 cm³/mol. The Morgan fingerprint density at radius 1 is 1.36 bits per heavy atom. The number of rotatable bonds is 7. The van der Waals surface area contributed by atoms with Crippen molar-refractivity contribution in [2.45, 2.75) is 25.5 Å². The Hall–Kier alpha value is -2.28. The lowest BCUT2D eigenvalue weighted by Gasteiger charge is -2.42. The Morgan fingerprint density at radius 3 is 2.93 bits per heavy atom. The molecule has 1 atom stereocenters. The maximum Gasteiger partial charge on any atom is 0.220 e. The molecule has 3 N–H and O–H groups in total. The van der Waals surface area contributed by atoms with Crippen LogP contribution in [0, 0.1) is 6.92 Å². The molecule has 1 unspecified atom stereocenters. The Bertz CT molecular complexity index is 845. The number of ether oxygens (including phenoxy) is 2. The highest BCUT2D eigenvalue weighted by Gasteiger charge is 2.39. The van der Waals surface area contributed by atoms with Gasteiger partial charge in [-0.05, 0) is 31.2 Å². The lowest BCUT2D eigenvalue weighted by atomic mass is 9.97. The highest BCUT2D eigenvalue weighted by Crippen LogP contribution is 2.28. The summed E-state index contributed by atoms with van der Waals surface area (Å²) in [5.41, 5.74) is 6.55. The molecule has 1 saturated heterocycles. The van der Waals surface area contributed by atoms with Crippen LogP contribution in [0.2, 0.25) is 5.02 Å². The molecule has 0 aromatic heterocycles. The monoisotopic (exact) mass is 404 g/mol. The molecule has 1 heterocycles. The van der Waals surface area contributed by atoms with Gasteiger partial charge in [-0.15, -0.1) is 0 Å². The SMILES string of the molecule is Cc1ccc(O)c(CN2CCOC(COc3cccc(Cl)c3)(CC(N)=O)C2)c1. The minimum atomic E-state index is -0.855. The summed E-state index contributed by atoms with van der Waals surface area (Å²) in [6, 6.07) is 12.6. The van der Waals surface area contributed by atoms with E-state index >= 15 is 0 Å². The Morgan fingerprint density at radius 2 is 2.18 bits per heavy atom. The topological polar surface area (TPSA) is 85.0 Å². The lowest BCUT2D eigenvalue weighted by Crippen LogP contribution is -2.56. The Balaban J connectivity index is 1.74. The second-order valence-corrected chi connectivity index (χ2v) is 7.70. The van der Waals surface area contributed by atoms with E-state index in [1.54, 1.807) is 30.3 Å². The van der Waals surface area contributed by atoms with E-state index in [4.69, 9.17) is 26.8 Å². The molecule has 0 aliphatic carbocycles. The van der Waals surface area contributed by atoms with Crippen LogP contribution in [0.5, 0.6) is 11.5 Å². The number of carbonyl (C=O) groups excluding carboxylic acids is 1. The first-order chi connectivity index (χ1) is 13.3. The van der Waals surface area contributed by atoms with Crippen molar-refractivity contribution >= 4 is 17.5 Å². The Labute approximate surface area is 169 Å². The minimum Gasteiger partial charge on any atom is -0.508 e. The van der Waals surface area contributed by atoms with E-state index in [1.807, 2.05) is 19.1 Å². The number of nitrogens with two attached hydrogens (primary N) is 1. The third-order valence-corrected chi connectivity index (χ3v) is 4.99. The molecule has 1 fully saturated rings. The van der Waals surface area contributed by atoms with Crippen molar-refractivity contribution < 1.29 is 19.4 Å². The fourth-order valence-electron chi connectivity index (χ4n) is 3.47. The lowest BCUT2D eigenvalue weighted by molar-refractivity contribution is -0.148. The average molecular weight is 405 g/mol. The van der Waals surface area contributed by atoms with Gasteiger partial charge in [-0.2, -0.15) is 0 Å². The summed E-state index contributed by atoms with van der Waals surface area (Å²) < 4.78 is 11.9. The van der Waals surface area contributed by atoms with Gasteiger partial charge in [0.25, 0.3) is 0 Å². The summed E-state index contributed by atoms with van der Waals surface area (Å²) in [7, 11) is 0. The quantitative estimate of drug-likeness (QED) is 0.741. The van der Waals surface area contributed by atoms with Crippen molar-refractivity contribution in [3.63, 3.8) is 0 Å². The number of aryl methyl sites for hydroxylation is 1. The summed E-state index contributed by atoms with van der Waals surface area (Å²) in [5.74, 6) is 0.413. The van der Waals surface area contributed by atoms with Crippen LogP contribution >= 0.6 is 11.6 Å². The zero-order valence-electron chi connectivity index (χ0n) is 15.9. The number of phenols is 1. The number of amides is 1. The number of primary amides is 1. The van der Waals surface area contributed by atoms with Crippen molar-refractivity contribution in [1.82, 2.24) is 4.90 Å². The third-order valence-electron chi connectivity index (χ3n) is 4.75. The van der Waals surface area contributed by atoms with E-state index in [-0.39, 0.29) is 18.8 Å². The number of benzene rings is 2. The van der Waals surface area contributed by atoms with Gasteiger partial charge in [-0.3, -0.25) is 9.69 Å². The summed E-state index contributed by atoms with van der Waals surface area (Å²) in [6.07, 6.45) is 0.0455. The van der Waals surface area contributed by atoms with Gasteiger partial charge in [0.2, 0.25) is 5.91 Å². The molecule has 0 bridgehead atoms. The number of nitrogens with zero attached hydrogens (tertiary/aromatic N) is 1. The zero-order chi connectivity index (χ0) is 20.1. The van der Waals surface area contributed by atoms with Crippen LogP contribution in [0.1, 0.15) is 17.5 Å². The molecule has 7 heteroatoms. The average Bonchev–Trinajstić information content (AvgIpc) is 2.63. The second-order valence-electron chi connectivity index (χ2n) is 7.26. The van der Waals surface area contributed by atoms with Gasteiger partial charge in [0.1, 0.15) is 23.7 Å². The first-order valence-corrected chi connectivity index (χ1v) is 9.54. The number of carbonyl (C=O) groups is 1. The summed E-state index contributed by atoms with van der Waals surface area (Å²) in [6.45, 7) is 4.30. The first-order valence-electron chi connectivity index (χ1n) is 9.17. The van der Waals surface area contributed by atoms with Crippen molar-refractivity contribution in [3.05, 3.63) is 58.6 Å². The van der Waals surface area contributed by atoms with Crippen LogP contribution < -0.4 is 10.5 Å². The zero-order valence-corrected chi connectivity index (χ0v) is 16.6. The highest BCUT2D eigenvalue weighted by atomic mass is 35.5. The first kappa shape index (κ1) is 20.5. The van der Waals surface area contributed by atoms with E-state index in [1.165, 1.54) is 0 Å². The van der Waals surface area contributed by atoms with Crippen LogP contribution in [-0.4, -0.2) is 47.8 Å². The number of phenolic OH excluding ortho intramolecular Hbond substituents is 1. The van der Waals surface area contributed by atoms with Gasteiger partial charge in [-0.1, -0.05) is 35.4 Å². The standard InChI is InChI=1S/C21H25ClN2O4/c1-15-5-6-19(25)16(9-15)12-24-7-8-28-21(13-24,11-20(23)26)14-27-18-4-2-3-17(22)10-18/h2-6,9-10,25H,7-8,11-14H2,1H3,(H2,23,26). The summed E-state index contributed by atoms with van der Waals surface area (Å²) >= 11 is 6.01. The molecule has 0 spiro atoms. The number of morpholine rings is 1. The molecular weight excluding hydrogens is 380 g/mol. The summed E-state index contributed by atoms with van der Waals surface area (Å²) in [4.78, 5) is 13.9. The van der Waals surface area contributed by atoms with Crippen molar-refractivity contribution in [1.29, 1.82) is 0 Å². The van der Waals surface area contributed by atoms with Gasteiger partial charge < -0.3 is 20.3 Å². The van der Waals surface area contributed by atoms with Crippen LogP contribution in [0.15, 0.2) is 42.5 Å². The van der Waals surface area contributed by atoms with Crippen LogP contribution in [0.25, 0.3) is 0 Å². The van der Waals surface area contributed by atoms with Gasteiger partial charge in [-0.25, -0.2) is 0 Å². The Kier molecular flexibility index (Phi) is 6.44. The largest absolute Gasteiger partial charge is 0.508 e. The molecule has 6 nitrogen and oxygen atoms in total. The van der Waals surface area contributed by atoms with E-state index in [0.29, 0.717) is 37.0 Å². The van der Waals surface area contributed by atoms with Crippen LogP contribution in [0.4, 0.5) is 0 Å². The fourth-order valence-corrected chi connectivity index (χ4v) is 3.65. The van der Waals surface area contributed by atoms with E-state index < -0.39 is 11.5 Å². The molecule has 1 aliphatic heterocycles. The minimum absolute atomic E-state index is 0.0455. The van der Waals surface area contributed by atoms with Gasteiger partial charge in [0.05, 0.1) is 13.0 Å². The van der Waals surface area contributed by atoms with E-state index in [0.717, 1.165) is 11.1 Å². The third kappa shape index (κ3) is 5.38. The van der Waals surface area contributed by atoms with Gasteiger partial charge in [0.15, 0.2) is 0 Å². The molecule has 150 valence electrons. The molecule has 2 aromatic rings. The maximum absolute atomic E-state index is 11.7. The molecule has 3 rings (SSSR count). The molecule has 0 radical (unpaired) electrons. The van der Waals surface area contributed by atoms with Gasteiger partial charge in [0, 0.05) is 30.2 Å². The molecule has 1 aliphatic rings. The smallest absolute Gasteiger partial charge is 0.220 e. The number of hydrogen-bond donors (Lipinski definition) is 2. The van der Waals surface area contributed by atoms with E-state index in [2.05, 4.69) is 4.90 Å². The number of aromatic hydroxyl groups is 1. The highest BCUT2D eigenvalue weighted by molar-refractivity contribution is 6.30. The van der Waals surface area contributed by atoms with Crippen molar-refractivity contribution in [3.8, 4) is 11.5 Å². The molecular formula is C21H25ClN2O4. The fraction of sp³-hybridized carbons (Fsp3) is 0.381. The molecule has 1 amide bonds. The van der Waals surface area contributed by atoms with Gasteiger partial charge >= 0.3 is 0 Å². The normalized spacial score (nSPS) is 20.1. The van der Waals surface area contributed by atoms with Crippen LogP contribution in [0.3, 0.4) is 0 Å². The van der Waals surface area contributed by atoms with E-state index in [9.17, 15) is 9.90 Å². The number of hydrogen-bond acceptors (Lipinski definition) is 5. The predicted octanol–water partition coefficient (Wildman–Crippen LogP) is 2.88.